The molecule has 0 saturated carbocycles. The average molecular weight is 193 g/mol. The van der Waals surface area contributed by atoms with Crippen molar-refractivity contribution in [2.45, 2.75) is 45.2 Å². The maximum absolute atomic E-state index is 4.46. The number of hydrogen-bond donors (Lipinski definition) is 1. The SMILES string of the molecule is CCCn1ccnc1C1CCCCN1. The molecule has 1 aromatic heterocycles. The van der Waals surface area contributed by atoms with Gasteiger partial charge in [0.1, 0.15) is 5.82 Å². The van der Waals surface area contributed by atoms with Crippen LogP contribution in [0.4, 0.5) is 0 Å². The number of hydrogen-bond acceptors (Lipinski definition) is 2. The summed E-state index contributed by atoms with van der Waals surface area (Å²) in [5, 5.41) is 3.54. The lowest BCUT2D eigenvalue weighted by atomic mass is 10.0. The van der Waals surface area contributed by atoms with Crippen molar-refractivity contribution in [1.82, 2.24) is 14.9 Å². The summed E-state index contributed by atoms with van der Waals surface area (Å²) in [7, 11) is 0. The van der Waals surface area contributed by atoms with Gasteiger partial charge in [-0.2, -0.15) is 0 Å². The van der Waals surface area contributed by atoms with Gasteiger partial charge in [-0.3, -0.25) is 0 Å². The second kappa shape index (κ2) is 4.60. The van der Waals surface area contributed by atoms with E-state index in [1.807, 2.05) is 6.20 Å². The van der Waals surface area contributed by atoms with Crippen molar-refractivity contribution in [2.24, 2.45) is 0 Å². The molecule has 0 bridgehead atoms. The predicted octanol–water partition coefficient (Wildman–Crippen LogP) is 2.11. The summed E-state index contributed by atoms with van der Waals surface area (Å²) >= 11 is 0. The highest BCUT2D eigenvalue weighted by Gasteiger charge is 2.18. The van der Waals surface area contributed by atoms with E-state index in [9.17, 15) is 0 Å². The zero-order chi connectivity index (χ0) is 9.80. The molecule has 1 aliphatic heterocycles. The van der Waals surface area contributed by atoms with E-state index in [0.717, 1.165) is 13.1 Å². The number of aryl methyl sites for hydroxylation is 1. The molecule has 1 saturated heterocycles. The Balaban J connectivity index is 2.09. The lowest BCUT2D eigenvalue weighted by molar-refractivity contribution is 0.384. The Morgan fingerprint density at radius 1 is 1.57 bits per heavy atom. The lowest BCUT2D eigenvalue weighted by Gasteiger charge is -2.23. The second-order valence-corrected chi connectivity index (χ2v) is 3.98. The molecule has 1 atom stereocenters. The lowest BCUT2D eigenvalue weighted by Crippen LogP contribution is -2.29. The number of rotatable bonds is 3. The fraction of sp³-hybridized carbons (Fsp3) is 0.727. The first-order chi connectivity index (χ1) is 6.92. The highest BCUT2D eigenvalue weighted by Crippen LogP contribution is 2.21. The Bertz CT molecular complexity index is 274. The first kappa shape index (κ1) is 9.71. The van der Waals surface area contributed by atoms with Gasteiger partial charge in [-0.1, -0.05) is 13.3 Å². The molecule has 0 spiro atoms. The minimum absolute atomic E-state index is 0.491. The van der Waals surface area contributed by atoms with Crippen LogP contribution in [0.15, 0.2) is 12.4 Å². The van der Waals surface area contributed by atoms with Crippen molar-refractivity contribution in [3.05, 3.63) is 18.2 Å². The van der Waals surface area contributed by atoms with Crippen molar-refractivity contribution in [3.63, 3.8) is 0 Å². The normalized spacial score (nSPS) is 22.5. The van der Waals surface area contributed by atoms with Gasteiger partial charge in [0, 0.05) is 18.9 Å². The van der Waals surface area contributed by atoms with E-state index in [4.69, 9.17) is 0 Å². The molecular formula is C11H19N3. The van der Waals surface area contributed by atoms with Gasteiger partial charge in [-0.25, -0.2) is 4.98 Å². The van der Waals surface area contributed by atoms with Crippen LogP contribution in [0.5, 0.6) is 0 Å². The van der Waals surface area contributed by atoms with Gasteiger partial charge < -0.3 is 9.88 Å². The predicted molar refractivity (Wildman–Crippen MR) is 57.1 cm³/mol. The van der Waals surface area contributed by atoms with Crippen molar-refractivity contribution in [2.75, 3.05) is 6.54 Å². The third-order valence-electron chi connectivity index (χ3n) is 2.83. The van der Waals surface area contributed by atoms with Gasteiger partial charge in [0.25, 0.3) is 0 Å². The second-order valence-electron chi connectivity index (χ2n) is 3.98. The quantitative estimate of drug-likeness (QED) is 0.796. The summed E-state index contributed by atoms with van der Waals surface area (Å²) in [4.78, 5) is 4.46. The Kier molecular flexibility index (Phi) is 3.19. The molecule has 1 fully saturated rings. The Hall–Kier alpha value is -0.830. The number of nitrogens with one attached hydrogen (secondary N) is 1. The third kappa shape index (κ3) is 1.98. The molecule has 1 aliphatic rings. The van der Waals surface area contributed by atoms with E-state index in [0.29, 0.717) is 6.04 Å². The van der Waals surface area contributed by atoms with Crippen molar-refractivity contribution in [1.29, 1.82) is 0 Å². The maximum Gasteiger partial charge on any atom is 0.125 e. The fourth-order valence-electron chi connectivity index (χ4n) is 2.13. The van der Waals surface area contributed by atoms with Gasteiger partial charge in [-0.15, -0.1) is 0 Å². The highest BCUT2D eigenvalue weighted by atomic mass is 15.1. The summed E-state index contributed by atoms with van der Waals surface area (Å²) in [5.74, 6) is 1.23. The summed E-state index contributed by atoms with van der Waals surface area (Å²) in [5.41, 5.74) is 0. The molecule has 3 heteroatoms. The van der Waals surface area contributed by atoms with E-state index < -0.39 is 0 Å². The van der Waals surface area contributed by atoms with Crippen LogP contribution in [0.25, 0.3) is 0 Å². The van der Waals surface area contributed by atoms with E-state index in [2.05, 4.69) is 28.0 Å². The van der Waals surface area contributed by atoms with Crippen LogP contribution in [-0.2, 0) is 6.54 Å². The molecule has 0 radical (unpaired) electrons. The Labute approximate surface area is 85.5 Å². The minimum atomic E-state index is 0.491. The van der Waals surface area contributed by atoms with Crippen molar-refractivity contribution >= 4 is 0 Å². The average Bonchev–Trinajstić information content (AvgIpc) is 2.68. The number of piperidine rings is 1. The van der Waals surface area contributed by atoms with E-state index >= 15 is 0 Å². The number of aromatic nitrogens is 2. The summed E-state index contributed by atoms with van der Waals surface area (Å²) < 4.78 is 2.28. The van der Waals surface area contributed by atoms with E-state index in [1.54, 1.807) is 0 Å². The molecule has 1 N–H and O–H groups in total. The molecule has 2 rings (SSSR count). The monoisotopic (exact) mass is 193 g/mol. The molecule has 1 aromatic rings. The first-order valence-corrected chi connectivity index (χ1v) is 5.66. The molecule has 78 valence electrons. The van der Waals surface area contributed by atoms with Crippen LogP contribution < -0.4 is 5.32 Å². The summed E-state index contributed by atoms with van der Waals surface area (Å²) in [6.07, 6.45) is 9.06. The zero-order valence-corrected chi connectivity index (χ0v) is 8.87. The highest BCUT2D eigenvalue weighted by molar-refractivity contribution is 5.00. The molecular weight excluding hydrogens is 174 g/mol. The summed E-state index contributed by atoms with van der Waals surface area (Å²) in [6.45, 7) is 4.44. The molecule has 1 unspecified atom stereocenters. The molecule has 3 nitrogen and oxygen atoms in total. The van der Waals surface area contributed by atoms with Crippen LogP contribution in [0.3, 0.4) is 0 Å². The van der Waals surface area contributed by atoms with Gasteiger partial charge >= 0.3 is 0 Å². The van der Waals surface area contributed by atoms with Crippen molar-refractivity contribution in [3.8, 4) is 0 Å². The largest absolute Gasteiger partial charge is 0.334 e. The van der Waals surface area contributed by atoms with Gasteiger partial charge in [0.15, 0.2) is 0 Å². The molecule has 0 aliphatic carbocycles. The van der Waals surface area contributed by atoms with Crippen molar-refractivity contribution < 1.29 is 0 Å². The van der Waals surface area contributed by atoms with Crippen LogP contribution >= 0.6 is 0 Å². The number of nitrogens with zero attached hydrogens (tertiary/aromatic N) is 2. The zero-order valence-electron chi connectivity index (χ0n) is 8.87. The van der Waals surface area contributed by atoms with Crippen LogP contribution in [0.2, 0.25) is 0 Å². The topological polar surface area (TPSA) is 29.9 Å². The summed E-state index contributed by atoms with van der Waals surface area (Å²) in [6, 6.07) is 0.491. The van der Waals surface area contributed by atoms with Crippen LogP contribution in [-0.4, -0.2) is 16.1 Å². The minimum Gasteiger partial charge on any atom is -0.334 e. The van der Waals surface area contributed by atoms with E-state index in [-0.39, 0.29) is 0 Å². The van der Waals surface area contributed by atoms with Gasteiger partial charge in [0.2, 0.25) is 0 Å². The molecule has 0 aromatic carbocycles. The van der Waals surface area contributed by atoms with Gasteiger partial charge in [0.05, 0.1) is 6.04 Å². The maximum atomic E-state index is 4.46. The van der Waals surface area contributed by atoms with E-state index in [1.165, 1.54) is 31.5 Å². The smallest absolute Gasteiger partial charge is 0.125 e. The standard InChI is InChI=1S/C11H19N3/c1-2-8-14-9-7-13-11(14)10-5-3-4-6-12-10/h7,9-10,12H,2-6,8H2,1H3. The Morgan fingerprint density at radius 3 is 3.21 bits per heavy atom. The number of imidazole rings is 1. The molecule has 2 heterocycles. The molecule has 14 heavy (non-hydrogen) atoms. The molecule has 0 amide bonds. The first-order valence-electron chi connectivity index (χ1n) is 5.66. The van der Waals surface area contributed by atoms with Gasteiger partial charge in [-0.05, 0) is 25.8 Å². The van der Waals surface area contributed by atoms with Crippen LogP contribution in [0.1, 0.15) is 44.5 Å². The fourth-order valence-corrected chi connectivity index (χ4v) is 2.13. The van der Waals surface area contributed by atoms with Crippen LogP contribution in [0, 0.1) is 0 Å². The third-order valence-corrected chi connectivity index (χ3v) is 2.83. The Morgan fingerprint density at radius 2 is 2.50 bits per heavy atom.